The van der Waals surface area contributed by atoms with E-state index in [2.05, 4.69) is 14.5 Å². The van der Waals surface area contributed by atoms with Crippen molar-refractivity contribution in [3.63, 3.8) is 0 Å². The van der Waals surface area contributed by atoms with Gasteiger partial charge in [-0.1, -0.05) is 37.3 Å². The average Bonchev–Trinajstić information content (AvgIpc) is 3.16. The van der Waals surface area contributed by atoms with E-state index in [4.69, 9.17) is 0 Å². The average molecular weight is 414 g/mol. The van der Waals surface area contributed by atoms with E-state index >= 15 is 0 Å². The molecule has 3 aromatic rings. The van der Waals surface area contributed by atoms with Crippen molar-refractivity contribution in [2.75, 3.05) is 19.3 Å². The first kappa shape index (κ1) is 20.1. The predicted octanol–water partition coefficient (Wildman–Crippen LogP) is 3.33. The topological polar surface area (TPSA) is 75.4 Å². The van der Waals surface area contributed by atoms with Crippen LogP contribution in [-0.2, 0) is 15.6 Å². The number of aliphatic hydroxyl groups is 1. The normalized spacial score (nSPS) is 18.7. The molecule has 1 aromatic heterocycles. The van der Waals surface area contributed by atoms with E-state index in [0.717, 1.165) is 37.0 Å². The molecule has 2 aromatic carbocycles. The summed E-state index contributed by atoms with van der Waals surface area (Å²) in [6.07, 6.45) is 5.44. The van der Waals surface area contributed by atoms with Crippen molar-refractivity contribution in [1.82, 2.24) is 14.5 Å². The maximum Gasteiger partial charge on any atom is 0.175 e. The summed E-state index contributed by atoms with van der Waals surface area (Å²) in [6, 6.07) is 15.3. The number of aromatic nitrogens is 2. The molecule has 1 atom stereocenters. The molecule has 1 fully saturated rings. The molecule has 1 aliphatic heterocycles. The molecule has 1 saturated heterocycles. The third-order valence-corrected chi connectivity index (χ3v) is 7.19. The van der Waals surface area contributed by atoms with E-state index in [1.165, 1.54) is 6.26 Å². The predicted molar refractivity (Wildman–Crippen MR) is 113 cm³/mol. The van der Waals surface area contributed by atoms with E-state index in [1.807, 2.05) is 43.3 Å². The molecule has 1 aliphatic rings. The Kier molecular flexibility index (Phi) is 5.23. The second-order valence-corrected chi connectivity index (χ2v) is 9.84. The molecule has 0 aliphatic carbocycles. The summed E-state index contributed by atoms with van der Waals surface area (Å²) >= 11 is 0. The van der Waals surface area contributed by atoms with Crippen molar-refractivity contribution < 1.29 is 13.5 Å². The number of rotatable bonds is 5. The summed E-state index contributed by atoms with van der Waals surface area (Å²) < 4.78 is 25.7. The lowest BCUT2D eigenvalue weighted by atomic mass is 9.94. The van der Waals surface area contributed by atoms with Crippen molar-refractivity contribution in [2.45, 2.75) is 42.8 Å². The van der Waals surface area contributed by atoms with Gasteiger partial charge in [0.25, 0.3) is 0 Å². The van der Waals surface area contributed by atoms with Gasteiger partial charge in [-0.15, -0.1) is 0 Å². The molecule has 0 saturated carbocycles. The zero-order valence-corrected chi connectivity index (χ0v) is 17.6. The zero-order valence-electron chi connectivity index (χ0n) is 16.8. The van der Waals surface area contributed by atoms with Crippen LogP contribution in [0.3, 0.4) is 0 Å². The molecule has 29 heavy (non-hydrogen) atoms. The highest BCUT2D eigenvalue weighted by Crippen LogP contribution is 2.35. The van der Waals surface area contributed by atoms with Gasteiger partial charge in [0.2, 0.25) is 0 Å². The van der Waals surface area contributed by atoms with Crippen molar-refractivity contribution in [3.05, 3.63) is 60.4 Å². The van der Waals surface area contributed by atoms with Gasteiger partial charge in [0.15, 0.2) is 9.84 Å². The van der Waals surface area contributed by atoms with Gasteiger partial charge in [-0.05, 0) is 43.0 Å². The molecule has 154 valence electrons. The molecule has 7 heteroatoms. The summed E-state index contributed by atoms with van der Waals surface area (Å²) in [5.41, 5.74) is 1.63. The summed E-state index contributed by atoms with van der Waals surface area (Å²) in [4.78, 5) is 6.89. The number of fused-ring (bicyclic) bond motifs is 1. The van der Waals surface area contributed by atoms with E-state index in [1.54, 1.807) is 18.5 Å². The van der Waals surface area contributed by atoms with Crippen LogP contribution in [0, 0.1) is 0 Å². The number of hydrogen-bond acceptors (Lipinski definition) is 5. The van der Waals surface area contributed by atoms with Crippen LogP contribution in [0.2, 0.25) is 0 Å². The number of nitrogens with zero attached hydrogens (tertiary/aromatic N) is 3. The largest absolute Gasteiger partial charge is 0.371 e. The van der Waals surface area contributed by atoms with Crippen LogP contribution in [0.1, 0.15) is 37.8 Å². The van der Waals surface area contributed by atoms with E-state index in [-0.39, 0.29) is 6.04 Å². The smallest absolute Gasteiger partial charge is 0.175 e. The van der Waals surface area contributed by atoms with Crippen LogP contribution >= 0.6 is 0 Å². The Labute approximate surface area is 171 Å². The van der Waals surface area contributed by atoms with Gasteiger partial charge in [-0.25, -0.2) is 13.4 Å². The van der Waals surface area contributed by atoms with Crippen molar-refractivity contribution in [2.24, 2.45) is 0 Å². The SMILES string of the molecule is CCC(O)(c1ccccc1)N1CCC(n2cnc3cc(S(C)(=O)=O)ccc32)CC1. The standard InChI is InChI=1S/C22H27N3O3S/c1-3-22(26,17-7-5-4-6-8-17)24-13-11-18(12-14-24)25-16-23-20-15-19(29(2,27)28)9-10-21(20)25/h4-10,15-16,18,26H,3,11-14H2,1-2H3. The summed E-state index contributed by atoms with van der Waals surface area (Å²) in [7, 11) is -3.25. The van der Waals surface area contributed by atoms with Crippen molar-refractivity contribution >= 4 is 20.9 Å². The van der Waals surface area contributed by atoms with Crippen LogP contribution in [-0.4, -0.2) is 47.3 Å². The van der Waals surface area contributed by atoms with Gasteiger partial charge < -0.3 is 9.67 Å². The number of sulfone groups is 1. The maximum absolute atomic E-state index is 11.8. The number of likely N-dealkylation sites (tertiary alicyclic amines) is 1. The van der Waals surface area contributed by atoms with Gasteiger partial charge in [0, 0.05) is 25.4 Å². The Morgan fingerprint density at radius 3 is 2.45 bits per heavy atom. The van der Waals surface area contributed by atoms with Crippen LogP contribution in [0.5, 0.6) is 0 Å². The Hall–Kier alpha value is -2.22. The van der Waals surface area contributed by atoms with Gasteiger partial charge >= 0.3 is 0 Å². The monoisotopic (exact) mass is 413 g/mol. The molecule has 4 rings (SSSR count). The molecular formula is C22H27N3O3S. The molecule has 6 nitrogen and oxygen atoms in total. The fraction of sp³-hybridized carbons (Fsp3) is 0.409. The molecule has 2 heterocycles. The van der Waals surface area contributed by atoms with E-state index in [0.29, 0.717) is 16.8 Å². The maximum atomic E-state index is 11.8. The lowest BCUT2D eigenvalue weighted by molar-refractivity contribution is -0.130. The first-order chi connectivity index (χ1) is 13.8. The number of hydrogen-bond donors (Lipinski definition) is 1. The lowest BCUT2D eigenvalue weighted by Crippen LogP contribution is -2.49. The van der Waals surface area contributed by atoms with Gasteiger partial charge in [0.05, 0.1) is 22.3 Å². The zero-order chi connectivity index (χ0) is 20.6. The Balaban J connectivity index is 1.54. The van der Waals surface area contributed by atoms with E-state index in [9.17, 15) is 13.5 Å². The van der Waals surface area contributed by atoms with E-state index < -0.39 is 15.6 Å². The molecule has 0 spiro atoms. The Morgan fingerprint density at radius 2 is 1.83 bits per heavy atom. The quantitative estimate of drug-likeness (QED) is 0.694. The highest BCUT2D eigenvalue weighted by atomic mass is 32.2. The van der Waals surface area contributed by atoms with Gasteiger partial charge in [-0.2, -0.15) is 0 Å². The van der Waals surface area contributed by atoms with Gasteiger partial charge in [-0.3, -0.25) is 4.90 Å². The molecule has 0 amide bonds. The molecular weight excluding hydrogens is 386 g/mol. The second-order valence-electron chi connectivity index (χ2n) is 7.83. The van der Waals surface area contributed by atoms with Crippen LogP contribution in [0.15, 0.2) is 59.8 Å². The highest BCUT2D eigenvalue weighted by Gasteiger charge is 2.37. The molecule has 0 bridgehead atoms. The first-order valence-electron chi connectivity index (χ1n) is 10.0. The minimum Gasteiger partial charge on any atom is -0.371 e. The Bertz CT molecular complexity index is 1100. The molecule has 1 N–H and O–H groups in total. The number of imidazole rings is 1. The fourth-order valence-electron chi connectivity index (χ4n) is 4.36. The summed E-state index contributed by atoms with van der Waals surface area (Å²) in [5.74, 6) is 0. The third-order valence-electron chi connectivity index (χ3n) is 6.08. The van der Waals surface area contributed by atoms with Crippen LogP contribution in [0.4, 0.5) is 0 Å². The van der Waals surface area contributed by atoms with Gasteiger partial charge in [0.1, 0.15) is 5.72 Å². The summed E-state index contributed by atoms with van der Waals surface area (Å²) in [6.45, 7) is 3.58. The molecule has 1 unspecified atom stereocenters. The van der Waals surface area contributed by atoms with Crippen molar-refractivity contribution in [1.29, 1.82) is 0 Å². The second kappa shape index (κ2) is 7.55. The molecule has 0 radical (unpaired) electrons. The third kappa shape index (κ3) is 3.70. The fourth-order valence-corrected chi connectivity index (χ4v) is 5.00. The minimum absolute atomic E-state index is 0.275. The first-order valence-corrected chi connectivity index (χ1v) is 11.9. The van der Waals surface area contributed by atoms with Crippen molar-refractivity contribution in [3.8, 4) is 0 Å². The van der Waals surface area contributed by atoms with Crippen LogP contribution < -0.4 is 0 Å². The minimum atomic E-state index is -3.25. The van der Waals surface area contributed by atoms with Crippen LogP contribution in [0.25, 0.3) is 11.0 Å². The summed E-state index contributed by atoms with van der Waals surface area (Å²) in [5, 5.41) is 11.4. The Morgan fingerprint density at radius 1 is 1.14 bits per heavy atom. The highest BCUT2D eigenvalue weighted by molar-refractivity contribution is 7.90. The number of piperidine rings is 1. The number of benzene rings is 2. The lowest BCUT2D eigenvalue weighted by Gasteiger charge is -2.43.